The van der Waals surface area contributed by atoms with Gasteiger partial charge in [0.2, 0.25) is 0 Å². The molecule has 2 aromatic rings. The number of amides is 1. The van der Waals surface area contributed by atoms with Crippen LogP contribution >= 0.6 is 11.6 Å². The van der Waals surface area contributed by atoms with Crippen LogP contribution < -0.4 is 5.32 Å². The number of anilines is 1. The van der Waals surface area contributed by atoms with Crippen LogP contribution in [0.15, 0.2) is 42.6 Å². The van der Waals surface area contributed by atoms with Crippen LogP contribution in [0.2, 0.25) is 5.15 Å². The predicted octanol–water partition coefficient (Wildman–Crippen LogP) is 4.26. The second-order valence-corrected chi connectivity index (χ2v) is 7.01. The van der Waals surface area contributed by atoms with E-state index in [2.05, 4.69) is 10.3 Å². The predicted molar refractivity (Wildman–Crippen MR) is 100.0 cm³/mol. The molecule has 0 radical (unpaired) electrons. The number of nitrogens with one attached hydrogen (secondary N) is 1. The van der Waals surface area contributed by atoms with Crippen molar-refractivity contribution >= 4 is 29.2 Å². The van der Waals surface area contributed by atoms with Crippen molar-refractivity contribution in [3.05, 3.63) is 59.1 Å². The van der Waals surface area contributed by atoms with E-state index < -0.39 is 29.2 Å². The lowest BCUT2D eigenvalue weighted by Gasteiger charge is -2.29. The van der Waals surface area contributed by atoms with E-state index in [1.165, 1.54) is 19.2 Å². The van der Waals surface area contributed by atoms with E-state index in [-0.39, 0.29) is 5.15 Å². The van der Waals surface area contributed by atoms with Crippen molar-refractivity contribution in [2.24, 2.45) is 0 Å². The number of ether oxygens (including phenoxy) is 1. The van der Waals surface area contributed by atoms with Crippen LogP contribution in [0.25, 0.3) is 0 Å². The lowest BCUT2D eigenvalue weighted by Crippen LogP contribution is -2.40. The Labute approximate surface area is 161 Å². The second kappa shape index (κ2) is 8.05. The summed E-state index contributed by atoms with van der Waals surface area (Å²) in [5, 5.41) is 2.73. The third-order valence-corrected chi connectivity index (χ3v) is 5.21. The first kappa shape index (κ1) is 19.3. The molecule has 7 heteroatoms. The molecule has 0 bridgehead atoms. The number of hydrogen-bond acceptors (Lipinski definition) is 4. The van der Waals surface area contributed by atoms with Gasteiger partial charge in [-0.1, -0.05) is 42.6 Å². The van der Waals surface area contributed by atoms with Gasteiger partial charge in [-0.25, -0.2) is 9.37 Å². The molecule has 1 saturated carbocycles. The lowest BCUT2D eigenvalue weighted by atomic mass is 9.78. The SMILES string of the molecule is C[C@@H](OC(=O)C1(c2ccccc2F)CCCC1)C(=O)Nc1cccnc1Cl. The van der Waals surface area contributed by atoms with Gasteiger partial charge in [0.05, 0.1) is 11.1 Å². The molecule has 1 aliphatic carbocycles. The molecule has 0 aliphatic heterocycles. The Bertz CT molecular complexity index is 853. The third-order valence-electron chi connectivity index (χ3n) is 4.91. The summed E-state index contributed by atoms with van der Waals surface area (Å²) in [6.45, 7) is 1.47. The zero-order valence-electron chi connectivity index (χ0n) is 14.9. The van der Waals surface area contributed by atoms with E-state index in [1.807, 2.05) is 0 Å². The zero-order valence-corrected chi connectivity index (χ0v) is 15.6. The molecule has 1 aliphatic rings. The highest BCUT2D eigenvalue weighted by atomic mass is 35.5. The van der Waals surface area contributed by atoms with Gasteiger partial charge in [-0.3, -0.25) is 9.59 Å². The molecular formula is C20H20ClFN2O3. The standard InChI is InChI=1S/C20H20ClFN2O3/c1-13(18(25)24-16-9-6-12-23-17(16)21)27-19(26)20(10-4-5-11-20)14-7-2-3-8-15(14)22/h2-3,6-9,12-13H,4-5,10-11H2,1H3,(H,24,25)/t13-/m1/s1. The Morgan fingerprint density at radius 1 is 1.22 bits per heavy atom. The number of rotatable bonds is 5. The Kier molecular flexibility index (Phi) is 5.75. The maximum atomic E-state index is 14.4. The monoisotopic (exact) mass is 390 g/mol. The van der Waals surface area contributed by atoms with Crippen molar-refractivity contribution in [3.63, 3.8) is 0 Å². The molecule has 1 atom stereocenters. The molecule has 1 aromatic heterocycles. The summed E-state index contributed by atoms with van der Waals surface area (Å²) in [5.74, 6) is -1.54. The molecule has 1 fully saturated rings. The molecule has 0 saturated heterocycles. The van der Waals surface area contributed by atoms with Crippen molar-refractivity contribution in [1.82, 2.24) is 4.98 Å². The third kappa shape index (κ3) is 3.95. The zero-order chi connectivity index (χ0) is 19.4. The van der Waals surface area contributed by atoms with E-state index in [1.54, 1.807) is 30.3 Å². The van der Waals surface area contributed by atoms with Gasteiger partial charge in [0.25, 0.3) is 5.91 Å². The molecule has 1 N–H and O–H groups in total. The summed E-state index contributed by atoms with van der Waals surface area (Å²) in [6, 6.07) is 9.46. The molecule has 0 unspecified atom stereocenters. The fourth-order valence-corrected chi connectivity index (χ4v) is 3.62. The first-order valence-corrected chi connectivity index (χ1v) is 9.19. The summed E-state index contributed by atoms with van der Waals surface area (Å²) >= 11 is 5.93. The Balaban J connectivity index is 1.75. The highest BCUT2D eigenvalue weighted by molar-refractivity contribution is 6.32. The average Bonchev–Trinajstić information content (AvgIpc) is 3.15. The van der Waals surface area contributed by atoms with Crippen LogP contribution in [0, 0.1) is 5.82 Å². The van der Waals surface area contributed by atoms with Crippen LogP contribution in [0.5, 0.6) is 0 Å². The van der Waals surface area contributed by atoms with Crippen molar-refractivity contribution < 1.29 is 18.7 Å². The van der Waals surface area contributed by atoms with E-state index in [4.69, 9.17) is 16.3 Å². The van der Waals surface area contributed by atoms with Crippen LogP contribution in [0.3, 0.4) is 0 Å². The van der Waals surface area contributed by atoms with Crippen molar-refractivity contribution in [2.45, 2.75) is 44.1 Å². The number of carbonyl (C=O) groups is 2. The topological polar surface area (TPSA) is 68.3 Å². The van der Waals surface area contributed by atoms with Crippen LogP contribution in [-0.2, 0) is 19.7 Å². The number of benzene rings is 1. The van der Waals surface area contributed by atoms with Gasteiger partial charge in [0.1, 0.15) is 5.82 Å². The summed E-state index contributed by atoms with van der Waals surface area (Å²) in [5.41, 5.74) is -0.390. The van der Waals surface area contributed by atoms with E-state index >= 15 is 0 Å². The average molecular weight is 391 g/mol. The number of halogens is 2. The fourth-order valence-electron chi connectivity index (χ4n) is 3.45. The van der Waals surface area contributed by atoms with Gasteiger partial charge in [-0.05, 0) is 38.0 Å². The number of aromatic nitrogens is 1. The fraction of sp³-hybridized carbons (Fsp3) is 0.350. The number of nitrogens with zero attached hydrogens (tertiary/aromatic N) is 1. The molecule has 1 aromatic carbocycles. The summed E-state index contributed by atoms with van der Waals surface area (Å²) in [7, 11) is 0. The van der Waals surface area contributed by atoms with Gasteiger partial charge in [-0.15, -0.1) is 0 Å². The Morgan fingerprint density at radius 2 is 1.93 bits per heavy atom. The molecule has 3 rings (SSSR count). The minimum absolute atomic E-state index is 0.142. The number of hydrogen-bond donors (Lipinski definition) is 1. The van der Waals surface area contributed by atoms with Crippen molar-refractivity contribution in [1.29, 1.82) is 0 Å². The molecular weight excluding hydrogens is 371 g/mol. The normalized spacial score (nSPS) is 16.6. The van der Waals surface area contributed by atoms with E-state index in [0.717, 1.165) is 12.8 Å². The molecule has 27 heavy (non-hydrogen) atoms. The van der Waals surface area contributed by atoms with Crippen LogP contribution in [-0.4, -0.2) is 23.0 Å². The summed E-state index contributed by atoms with van der Waals surface area (Å²) in [6.07, 6.45) is 3.04. The number of pyridine rings is 1. The highest BCUT2D eigenvalue weighted by Gasteiger charge is 2.46. The van der Waals surface area contributed by atoms with Crippen molar-refractivity contribution in [2.75, 3.05) is 5.32 Å². The van der Waals surface area contributed by atoms with Gasteiger partial charge in [0.15, 0.2) is 11.3 Å². The minimum atomic E-state index is -1.06. The largest absolute Gasteiger partial charge is 0.452 e. The first-order chi connectivity index (χ1) is 12.9. The Morgan fingerprint density at radius 3 is 2.59 bits per heavy atom. The summed E-state index contributed by atoms with van der Waals surface area (Å²) < 4.78 is 19.8. The molecule has 1 amide bonds. The first-order valence-electron chi connectivity index (χ1n) is 8.81. The highest BCUT2D eigenvalue weighted by Crippen LogP contribution is 2.43. The van der Waals surface area contributed by atoms with Gasteiger partial charge >= 0.3 is 5.97 Å². The quantitative estimate of drug-likeness (QED) is 0.612. The van der Waals surface area contributed by atoms with Crippen molar-refractivity contribution in [3.8, 4) is 0 Å². The smallest absolute Gasteiger partial charge is 0.317 e. The van der Waals surface area contributed by atoms with Crippen LogP contribution in [0.4, 0.5) is 10.1 Å². The lowest BCUT2D eigenvalue weighted by molar-refractivity contribution is -0.159. The molecule has 5 nitrogen and oxygen atoms in total. The minimum Gasteiger partial charge on any atom is -0.452 e. The molecule has 142 valence electrons. The maximum Gasteiger partial charge on any atom is 0.317 e. The van der Waals surface area contributed by atoms with E-state index in [9.17, 15) is 14.0 Å². The number of carbonyl (C=O) groups excluding carboxylic acids is 2. The van der Waals surface area contributed by atoms with Gasteiger partial charge < -0.3 is 10.1 Å². The number of esters is 1. The summed E-state index contributed by atoms with van der Waals surface area (Å²) in [4.78, 5) is 29.2. The second-order valence-electron chi connectivity index (χ2n) is 6.65. The van der Waals surface area contributed by atoms with Gasteiger partial charge in [0, 0.05) is 11.8 Å². The van der Waals surface area contributed by atoms with Gasteiger partial charge in [-0.2, -0.15) is 0 Å². The Hall–Kier alpha value is -2.47. The van der Waals surface area contributed by atoms with E-state index in [0.29, 0.717) is 24.1 Å². The molecule has 1 heterocycles. The molecule has 0 spiro atoms. The maximum absolute atomic E-state index is 14.4. The van der Waals surface area contributed by atoms with Crippen LogP contribution in [0.1, 0.15) is 38.2 Å².